The van der Waals surface area contributed by atoms with Gasteiger partial charge in [-0.3, -0.25) is 9.59 Å². The Balaban J connectivity index is 1.74. The van der Waals surface area contributed by atoms with E-state index in [2.05, 4.69) is 18.2 Å². The summed E-state index contributed by atoms with van der Waals surface area (Å²) in [5.41, 5.74) is 2.15. The van der Waals surface area contributed by atoms with E-state index in [9.17, 15) is 9.59 Å². The highest BCUT2D eigenvalue weighted by atomic mass is 32.1. The van der Waals surface area contributed by atoms with Gasteiger partial charge in [-0.15, -0.1) is 11.3 Å². The zero-order valence-corrected chi connectivity index (χ0v) is 20.6. The summed E-state index contributed by atoms with van der Waals surface area (Å²) in [6.45, 7) is 0. The molecule has 0 fully saturated rings. The Labute approximate surface area is 207 Å². The Morgan fingerprint density at radius 1 is 0.800 bits per heavy atom. The monoisotopic (exact) mass is 488 g/mol. The number of aldehydes is 1. The number of ketones is 1. The molecule has 0 aliphatic carbocycles. The van der Waals surface area contributed by atoms with E-state index in [4.69, 9.17) is 18.9 Å². The zero-order valence-electron chi connectivity index (χ0n) is 19.8. The molecule has 0 atom stereocenters. The molecule has 4 rings (SSSR count). The maximum atomic E-state index is 13.0. The van der Waals surface area contributed by atoms with Crippen molar-refractivity contribution in [3.8, 4) is 33.4 Å². The van der Waals surface area contributed by atoms with Crippen molar-refractivity contribution in [2.75, 3.05) is 28.4 Å². The number of allylic oxidation sites excluding steroid dienone is 1. The lowest BCUT2D eigenvalue weighted by Gasteiger charge is -2.13. The summed E-state index contributed by atoms with van der Waals surface area (Å²) >= 11 is 1.66. The van der Waals surface area contributed by atoms with Crippen molar-refractivity contribution >= 4 is 39.6 Å². The van der Waals surface area contributed by atoms with Gasteiger partial charge in [0.15, 0.2) is 23.6 Å². The Bertz CT molecular complexity index is 1400. The molecule has 0 unspecified atom stereocenters. The predicted molar refractivity (Wildman–Crippen MR) is 139 cm³/mol. The second-order valence-electron chi connectivity index (χ2n) is 7.56. The van der Waals surface area contributed by atoms with Crippen LogP contribution in [0.2, 0.25) is 0 Å². The summed E-state index contributed by atoms with van der Waals surface area (Å²) < 4.78 is 22.9. The molecule has 0 N–H and O–H groups in total. The van der Waals surface area contributed by atoms with Gasteiger partial charge in [0.25, 0.3) is 0 Å². The maximum absolute atomic E-state index is 13.0. The first-order valence-electron chi connectivity index (χ1n) is 10.7. The number of methoxy groups -OCH3 is 4. The van der Waals surface area contributed by atoms with Gasteiger partial charge < -0.3 is 18.9 Å². The Kier molecular flexibility index (Phi) is 7.17. The third-order valence-corrected chi connectivity index (χ3v) is 6.73. The van der Waals surface area contributed by atoms with Crippen LogP contribution in [0.5, 0.6) is 23.0 Å². The van der Waals surface area contributed by atoms with Crippen LogP contribution in [0, 0.1) is 0 Å². The van der Waals surface area contributed by atoms with Crippen LogP contribution < -0.4 is 18.9 Å². The molecule has 6 nitrogen and oxygen atoms in total. The van der Waals surface area contributed by atoms with Crippen LogP contribution in [0.15, 0.2) is 60.7 Å². The normalized spacial score (nSPS) is 11.0. The predicted octanol–water partition coefficient (Wildman–Crippen LogP) is 6.31. The van der Waals surface area contributed by atoms with E-state index in [1.165, 1.54) is 31.1 Å². The van der Waals surface area contributed by atoms with Gasteiger partial charge in [0.05, 0.1) is 34.0 Å². The zero-order chi connectivity index (χ0) is 24.9. The lowest BCUT2D eigenvalue weighted by Crippen LogP contribution is -2.01. The summed E-state index contributed by atoms with van der Waals surface area (Å²) in [5.74, 6) is 1.54. The van der Waals surface area contributed by atoms with Crippen LogP contribution >= 0.6 is 11.3 Å². The van der Waals surface area contributed by atoms with Crippen LogP contribution in [0.1, 0.15) is 26.3 Å². The van der Waals surface area contributed by atoms with Crippen molar-refractivity contribution in [1.29, 1.82) is 0 Å². The van der Waals surface area contributed by atoms with Crippen LogP contribution in [0.3, 0.4) is 0 Å². The van der Waals surface area contributed by atoms with Crippen LogP contribution in [0.4, 0.5) is 0 Å². The standard InChI is InChI=1S/C28H24O6S/c1-31-23-15-24(32-2)21(27-14-18-7-5-6-8-26(18)35-27)12-17(23)9-10-22(30)19-11-20(16-29)28(34-4)25(13-19)33-3/h5-16H,1-4H3/b10-9+. The van der Waals surface area contributed by atoms with Crippen molar-refractivity contribution in [2.24, 2.45) is 0 Å². The number of hydrogen-bond donors (Lipinski definition) is 0. The molecule has 0 radical (unpaired) electrons. The van der Waals surface area contributed by atoms with Crippen molar-refractivity contribution in [2.45, 2.75) is 0 Å². The number of carbonyl (C=O) groups excluding carboxylic acids is 2. The number of ether oxygens (including phenoxy) is 4. The van der Waals surface area contributed by atoms with E-state index in [0.29, 0.717) is 34.7 Å². The van der Waals surface area contributed by atoms with Crippen molar-refractivity contribution in [1.82, 2.24) is 0 Å². The van der Waals surface area contributed by atoms with Crippen LogP contribution in [0.25, 0.3) is 26.6 Å². The number of hydrogen-bond acceptors (Lipinski definition) is 7. The summed E-state index contributed by atoms with van der Waals surface area (Å²) in [5, 5.41) is 1.15. The number of rotatable bonds is 9. The van der Waals surface area contributed by atoms with Gasteiger partial charge in [0.1, 0.15) is 11.5 Å². The van der Waals surface area contributed by atoms with Crippen molar-refractivity contribution in [3.05, 3.63) is 77.4 Å². The number of carbonyl (C=O) groups is 2. The molecule has 178 valence electrons. The topological polar surface area (TPSA) is 71.1 Å². The quantitative estimate of drug-likeness (QED) is 0.156. The molecule has 0 aliphatic rings. The molecule has 1 aromatic heterocycles. The molecule has 7 heteroatoms. The molecule has 35 heavy (non-hydrogen) atoms. The highest BCUT2D eigenvalue weighted by Crippen LogP contribution is 2.42. The van der Waals surface area contributed by atoms with Gasteiger partial charge in [-0.25, -0.2) is 0 Å². The number of thiophene rings is 1. The summed E-state index contributed by atoms with van der Waals surface area (Å²) in [6, 6.07) is 17.1. The van der Waals surface area contributed by atoms with Gasteiger partial charge in [-0.05, 0) is 47.9 Å². The largest absolute Gasteiger partial charge is 0.496 e. The first kappa shape index (κ1) is 24.0. The average molecular weight is 489 g/mol. The van der Waals surface area contributed by atoms with Crippen LogP contribution in [-0.4, -0.2) is 40.5 Å². The average Bonchev–Trinajstić information content (AvgIpc) is 3.34. The third-order valence-electron chi connectivity index (χ3n) is 5.58. The van der Waals surface area contributed by atoms with E-state index < -0.39 is 0 Å². The Hall–Kier alpha value is -4.10. The van der Waals surface area contributed by atoms with E-state index in [1.54, 1.807) is 37.7 Å². The minimum Gasteiger partial charge on any atom is -0.496 e. The van der Waals surface area contributed by atoms with Gasteiger partial charge in [-0.2, -0.15) is 0 Å². The number of benzene rings is 3. The number of fused-ring (bicyclic) bond motifs is 1. The SMILES string of the molecule is COc1cc(OC)c(-c2cc3ccccc3s2)cc1/C=C/C(=O)c1cc(C=O)c(OC)c(OC)c1. The molecule has 0 spiro atoms. The molecule has 0 aliphatic heterocycles. The second kappa shape index (κ2) is 10.4. The molecule has 0 saturated carbocycles. The van der Waals surface area contributed by atoms with Gasteiger partial charge in [-0.1, -0.05) is 18.2 Å². The molecule has 4 aromatic rings. The van der Waals surface area contributed by atoms with Crippen LogP contribution in [-0.2, 0) is 0 Å². The Morgan fingerprint density at radius 3 is 2.20 bits per heavy atom. The first-order chi connectivity index (χ1) is 17.0. The van der Waals surface area contributed by atoms with Gasteiger partial charge in [0.2, 0.25) is 0 Å². The van der Waals surface area contributed by atoms with Gasteiger partial charge >= 0.3 is 0 Å². The first-order valence-corrected chi connectivity index (χ1v) is 11.5. The van der Waals surface area contributed by atoms with Crippen molar-refractivity contribution < 1.29 is 28.5 Å². The third kappa shape index (κ3) is 4.76. The lowest BCUT2D eigenvalue weighted by atomic mass is 10.0. The van der Waals surface area contributed by atoms with E-state index >= 15 is 0 Å². The summed E-state index contributed by atoms with van der Waals surface area (Å²) in [7, 11) is 6.08. The molecular weight excluding hydrogens is 464 g/mol. The minimum absolute atomic E-state index is 0.234. The maximum Gasteiger partial charge on any atom is 0.186 e. The van der Waals surface area contributed by atoms with Gasteiger partial charge in [0, 0.05) is 32.3 Å². The van der Waals surface area contributed by atoms with Crippen molar-refractivity contribution in [3.63, 3.8) is 0 Å². The van der Waals surface area contributed by atoms with E-state index in [0.717, 1.165) is 15.8 Å². The van der Waals surface area contributed by atoms with E-state index in [-0.39, 0.29) is 17.1 Å². The summed E-state index contributed by atoms with van der Waals surface area (Å²) in [6.07, 6.45) is 3.76. The lowest BCUT2D eigenvalue weighted by molar-refractivity contribution is 0.104. The highest BCUT2D eigenvalue weighted by Gasteiger charge is 2.17. The molecule has 1 heterocycles. The molecule has 0 bridgehead atoms. The molecule has 3 aromatic carbocycles. The summed E-state index contributed by atoms with van der Waals surface area (Å²) in [4.78, 5) is 25.5. The fourth-order valence-corrected chi connectivity index (χ4v) is 4.93. The highest BCUT2D eigenvalue weighted by molar-refractivity contribution is 7.22. The second-order valence-corrected chi connectivity index (χ2v) is 8.64. The molecule has 0 saturated heterocycles. The smallest absolute Gasteiger partial charge is 0.186 e. The molecular formula is C28H24O6S. The fraction of sp³-hybridized carbons (Fsp3) is 0.143. The fourth-order valence-electron chi connectivity index (χ4n) is 3.85. The molecule has 0 amide bonds. The minimum atomic E-state index is -0.296. The van der Waals surface area contributed by atoms with E-state index in [1.807, 2.05) is 24.3 Å². The Morgan fingerprint density at radius 2 is 1.54 bits per heavy atom.